The topological polar surface area (TPSA) is 109 Å². The molecule has 4 amide bonds. The van der Waals surface area contributed by atoms with Crippen molar-refractivity contribution >= 4 is 23.5 Å². The molecule has 5 rings (SSSR count). The Morgan fingerprint density at radius 1 is 1.19 bits per heavy atom. The lowest BCUT2D eigenvalue weighted by molar-refractivity contribution is -0.136. The van der Waals surface area contributed by atoms with Crippen molar-refractivity contribution in [1.29, 1.82) is 0 Å². The third-order valence-corrected chi connectivity index (χ3v) is 7.53. The van der Waals surface area contributed by atoms with Gasteiger partial charge in [0.25, 0.3) is 5.91 Å². The summed E-state index contributed by atoms with van der Waals surface area (Å²) in [5.41, 5.74) is -0.450. The van der Waals surface area contributed by atoms with Gasteiger partial charge in [-0.2, -0.15) is 0 Å². The lowest BCUT2D eigenvalue weighted by Gasteiger charge is -2.43. The average Bonchev–Trinajstić information content (AvgIpc) is 3.15. The Balaban J connectivity index is 1.31. The van der Waals surface area contributed by atoms with Gasteiger partial charge >= 0.3 is 6.03 Å². The van der Waals surface area contributed by atoms with E-state index in [0.717, 1.165) is 49.4 Å². The fraction of sp³-hybridized carbons (Fsp3) is 0.577. The van der Waals surface area contributed by atoms with Gasteiger partial charge in [0.1, 0.15) is 23.7 Å². The summed E-state index contributed by atoms with van der Waals surface area (Å²) in [4.78, 5) is 39.9. The quantitative estimate of drug-likeness (QED) is 0.625. The number of hydrogen-bond acceptors (Lipinski definition) is 5. The van der Waals surface area contributed by atoms with E-state index in [9.17, 15) is 18.8 Å². The number of carbonyl (C=O) groups is 3. The number of amides is 4. The van der Waals surface area contributed by atoms with Gasteiger partial charge in [-0.25, -0.2) is 9.18 Å². The Labute approximate surface area is 209 Å². The molecule has 9 nitrogen and oxygen atoms in total. The summed E-state index contributed by atoms with van der Waals surface area (Å²) in [5.74, 6) is 0.202. The summed E-state index contributed by atoms with van der Waals surface area (Å²) in [5, 5.41) is 14.0. The molecule has 1 aromatic carbocycles. The predicted molar refractivity (Wildman–Crippen MR) is 131 cm³/mol. The van der Waals surface area contributed by atoms with E-state index in [-0.39, 0.29) is 22.8 Å². The molecule has 2 aliphatic heterocycles. The van der Waals surface area contributed by atoms with Crippen LogP contribution in [0.25, 0.3) is 11.4 Å². The van der Waals surface area contributed by atoms with Crippen molar-refractivity contribution in [2.75, 3.05) is 11.9 Å². The molecule has 1 saturated heterocycles. The smallest absolute Gasteiger partial charge is 0.325 e. The van der Waals surface area contributed by atoms with E-state index in [0.29, 0.717) is 24.4 Å². The van der Waals surface area contributed by atoms with Crippen LogP contribution in [-0.4, -0.2) is 49.6 Å². The van der Waals surface area contributed by atoms with Crippen LogP contribution in [0.5, 0.6) is 0 Å². The van der Waals surface area contributed by atoms with Crippen molar-refractivity contribution < 1.29 is 18.8 Å². The van der Waals surface area contributed by atoms with E-state index in [1.54, 1.807) is 0 Å². The van der Waals surface area contributed by atoms with Crippen molar-refractivity contribution in [1.82, 2.24) is 25.0 Å². The minimum absolute atomic E-state index is 0.0939. The van der Waals surface area contributed by atoms with Crippen molar-refractivity contribution in [2.24, 2.45) is 11.3 Å². The van der Waals surface area contributed by atoms with Gasteiger partial charge in [0.2, 0.25) is 5.91 Å². The van der Waals surface area contributed by atoms with E-state index in [4.69, 9.17) is 0 Å². The monoisotopic (exact) mass is 496 g/mol. The standard InChI is InChI=1S/C26H33FN6O3/c1-16-12-25(2,3)15-26(13-16)23(35)33(24(36)29-26)14-21(34)28-17-8-9-19(27)18(11-17)22-31-30-20-7-5-4-6-10-32(20)22/h8-9,11,16H,4-7,10,12-15H2,1-3H3,(H,28,34)(H,29,36). The molecule has 1 aromatic heterocycles. The maximum absolute atomic E-state index is 14.8. The van der Waals surface area contributed by atoms with E-state index in [1.165, 1.54) is 18.2 Å². The van der Waals surface area contributed by atoms with Gasteiger partial charge in [0, 0.05) is 18.7 Å². The van der Waals surface area contributed by atoms with Crippen LogP contribution < -0.4 is 10.6 Å². The van der Waals surface area contributed by atoms with Gasteiger partial charge in [-0.3, -0.25) is 14.5 Å². The molecule has 3 aliphatic rings. The summed E-state index contributed by atoms with van der Waals surface area (Å²) in [6.07, 6.45) is 5.95. The second-order valence-electron chi connectivity index (χ2n) is 11.4. The molecule has 2 atom stereocenters. The number of urea groups is 1. The lowest BCUT2D eigenvalue weighted by Crippen LogP contribution is -2.54. The van der Waals surface area contributed by atoms with E-state index < -0.39 is 29.8 Å². The Bertz CT molecular complexity index is 1220. The van der Waals surface area contributed by atoms with Gasteiger partial charge in [-0.15, -0.1) is 10.2 Å². The minimum atomic E-state index is -0.965. The van der Waals surface area contributed by atoms with E-state index in [1.807, 2.05) is 4.57 Å². The Kier molecular flexibility index (Phi) is 6.08. The molecule has 2 N–H and O–H groups in total. The molecule has 0 radical (unpaired) electrons. The third kappa shape index (κ3) is 4.49. The summed E-state index contributed by atoms with van der Waals surface area (Å²) < 4.78 is 16.7. The number of aromatic nitrogens is 3. The van der Waals surface area contributed by atoms with Crippen LogP contribution >= 0.6 is 0 Å². The number of imide groups is 1. The molecule has 0 bridgehead atoms. The first kappa shape index (κ1) is 24.4. The largest absolute Gasteiger partial charge is 0.325 e. The first-order valence-corrected chi connectivity index (χ1v) is 12.7. The van der Waals surface area contributed by atoms with E-state index in [2.05, 4.69) is 41.6 Å². The highest BCUT2D eigenvalue weighted by molar-refractivity contribution is 6.10. The zero-order valence-corrected chi connectivity index (χ0v) is 21.1. The van der Waals surface area contributed by atoms with Crippen LogP contribution in [0.3, 0.4) is 0 Å². The summed E-state index contributed by atoms with van der Waals surface area (Å²) in [6.45, 7) is 6.59. The SMILES string of the molecule is CC1CC(C)(C)CC2(C1)NC(=O)N(CC(=O)Nc1ccc(F)c(-c3nnc4n3CCCCC4)c1)C2=O. The maximum atomic E-state index is 14.8. The van der Waals surface area contributed by atoms with Crippen molar-refractivity contribution in [3.05, 3.63) is 29.8 Å². The van der Waals surface area contributed by atoms with Gasteiger partial charge in [0.15, 0.2) is 5.82 Å². The highest BCUT2D eigenvalue weighted by atomic mass is 19.1. The van der Waals surface area contributed by atoms with Crippen LogP contribution in [0.2, 0.25) is 0 Å². The molecule has 1 spiro atoms. The van der Waals surface area contributed by atoms with Gasteiger partial charge in [-0.05, 0) is 61.6 Å². The number of rotatable bonds is 4. The number of anilines is 1. The second-order valence-corrected chi connectivity index (χ2v) is 11.4. The van der Waals surface area contributed by atoms with Crippen LogP contribution in [0.1, 0.15) is 65.1 Å². The molecular weight excluding hydrogens is 463 g/mol. The number of fused-ring (bicyclic) bond motifs is 1. The van der Waals surface area contributed by atoms with Gasteiger partial charge < -0.3 is 15.2 Å². The van der Waals surface area contributed by atoms with Crippen molar-refractivity contribution in [3.8, 4) is 11.4 Å². The first-order valence-electron chi connectivity index (χ1n) is 12.7. The fourth-order valence-electron chi connectivity index (χ4n) is 6.45. The molecule has 2 unspecified atom stereocenters. The average molecular weight is 497 g/mol. The molecule has 2 fully saturated rings. The second kappa shape index (κ2) is 8.97. The predicted octanol–water partition coefficient (Wildman–Crippen LogP) is 3.89. The lowest BCUT2D eigenvalue weighted by atomic mass is 9.64. The summed E-state index contributed by atoms with van der Waals surface area (Å²) in [7, 11) is 0. The van der Waals surface area contributed by atoms with Crippen LogP contribution in [-0.2, 0) is 22.6 Å². The molecule has 3 heterocycles. The van der Waals surface area contributed by atoms with Crippen LogP contribution in [0.15, 0.2) is 18.2 Å². The highest BCUT2D eigenvalue weighted by Gasteiger charge is 2.56. The fourth-order valence-corrected chi connectivity index (χ4v) is 6.45. The number of nitrogens with zero attached hydrogens (tertiary/aromatic N) is 4. The zero-order valence-electron chi connectivity index (χ0n) is 21.1. The maximum Gasteiger partial charge on any atom is 0.325 e. The number of benzene rings is 1. The summed E-state index contributed by atoms with van der Waals surface area (Å²) in [6, 6.07) is 3.70. The summed E-state index contributed by atoms with van der Waals surface area (Å²) >= 11 is 0. The van der Waals surface area contributed by atoms with Crippen molar-refractivity contribution in [3.63, 3.8) is 0 Å². The highest BCUT2D eigenvalue weighted by Crippen LogP contribution is 2.46. The number of aryl methyl sites for hydroxylation is 1. The number of hydrogen-bond donors (Lipinski definition) is 2. The first-order chi connectivity index (χ1) is 17.1. The molecule has 2 aromatic rings. The van der Waals surface area contributed by atoms with Gasteiger partial charge in [0.05, 0.1) is 5.56 Å². The third-order valence-electron chi connectivity index (χ3n) is 7.53. The minimum Gasteiger partial charge on any atom is -0.325 e. The Morgan fingerprint density at radius 3 is 2.78 bits per heavy atom. The number of nitrogens with one attached hydrogen (secondary N) is 2. The normalized spacial score (nSPS) is 25.4. The molecule has 1 saturated carbocycles. The molecule has 36 heavy (non-hydrogen) atoms. The van der Waals surface area contributed by atoms with Crippen LogP contribution in [0, 0.1) is 17.2 Å². The van der Waals surface area contributed by atoms with Crippen molar-refractivity contribution in [2.45, 2.75) is 77.8 Å². The van der Waals surface area contributed by atoms with Gasteiger partial charge in [-0.1, -0.05) is 27.2 Å². The molecular formula is C26H33FN6O3. The molecule has 192 valence electrons. The zero-order chi connectivity index (χ0) is 25.7. The Hall–Kier alpha value is -3.30. The molecule has 1 aliphatic carbocycles. The molecule has 10 heteroatoms. The van der Waals surface area contributed by atoms with Crippen LogP contribution in [0.4, 0.5) is 14.9 Å². The van der Waals surface area contributed by atoms with E-state index >= 15 is 0 Å². The Morgan fingerprint density at radius 2 is 2.00 bits per heavy atom. The number of halogens is 1. The number of carbonyl (C=O) groups excluding carboxylic acids is 3.